The largest absolute Gasteiger partial charge is 0.350 e. The summed E-state index contributed by atoms with van der Waals surface area (Å²) in [6.45, 7) is 8.02. The van der Waals surface area contributed by atoms with Crippen molar-refractivity contribution in [2.75, 3.05) is 13.1 Å². The van der Waals surface area contributed by atoms with Crippen molar-refractivity contribution in [3.8, 4) is 0 Å². The molecule has 1 fully saturated rings. The third-order valence-corrected chi connectivity index (χ3v) is 4.36. The van der Waals surface area contributed by atoms with Crippen molar-refractivity contribution in [3.63, 3.8) is 0 Å². The third kappa shape index (κ3) is 5.21. The van der Waals surface area contributed by atoms with Crippen LogP contribution in [0.4, 0.5) is 0 Å². The van der Waals surface area contributed by atoms with E-state index in [1.54, 1.807) is 11.3 Å². The first-order valence-corrected chi connectivity index (χ1v) is 8.44. The molecule has 1 aromatic rings. The van der Waals surface area contributed by atoms with Crippen LogP contribution in [-0.4, -0.2) is 28.9 Å². The highest BCUT2D eigenvalue weighted by Crippen LogP contribution is 2.15. The molecule has 0 aliphatic carbocycles. The van der Waals surface area contributed by atoms with Gasteiger partial charge in [0, 0.05) is 18.3 Å². The van der Waals surface area contributed by atoms with Crippen molar-refractivity contribution in [1.29, 1.82) is 0 Å². The van der Waals surface area contributed by atoms with Crippen LogP contribution < -0.4 is 5.32 Å². The van der Waals surface area contributed by atoms with Crippen LogP contribution in [-0.2, 0) is 17.9 Å². The number of aromatic nitrogens is 1. The molecule has 2 heterocycles. The van der Waals surface area contributed by atoms with Gasteiger partial charge >= 0.3 is 0 Å². The Labute approximate surface area is 125 Å². The van der Waals surface area contributed by atoms with E-state index in [2.05, 4.69) is 34.4 Å². The Hall–Kier alpha value is -0.940. The van der Waals surface area contributed by atoms with E-state index < -0.39 is 0 Å². The first kappa shape index (κ1) is 15.4. The Balaban J connectivity index is 1.75. The second-order valence-corrected chi connectivity index (χ2v) is 6.89. The molecule has 5 heteroatoms. The number of hydrogen-bond donors (Lipinski definition) is 1. The fourth-order valence-corrected chi connectivity index (χ4v) is 3.19. The van der Waals surface area contributed by atoms with Crippen LogP contribution in [0.3, 0.4) is 0 Å². The van der Waals surface area contributed by atoms with Crippen LogP contribution in [0.2, 0.25) is 0 Å². The summed E-state index contributed by atoms with van der Waals surface area (Å²) in [5, 5.41) is 6.07. The van der Waals surface area contributed by atoms with Crippen LogP contribution in [0.25, 0.3) is 0 Å². The molecule has 0 saturated carbocycles. The lowest BCUT2D eigenvalue weighted by Gasteiger charge is -2.25. The average Bonchev–Trinajstić information content (AvgIpc) is 2.84. The van der Waals surface area contributed by atoms with Gasteiger partial charge < -0.3 is 5.32 Å². The Morgan fingerprint density at radius 3 is 2.85 bits per heavy atom. The van der Waals surface area contributed by atoms with Crippen molar-refractivity contribution >= 4 is 17.2 Å². The van der Waals surface area contributed by atoms with E-state index in [9.17, 15) is 4.79 Å². The van der Waals surface area contributed by atoms with E-state index in [1.165, 1.54) is 32.4 Å². The predicted octanol–water partition coefficient (Wildman–Crippen LogP) is 2.79. The van der Waals surface area contributed by atoms with Crippen LogP contribution in [0.5, 0.6) is 0 Å². The molecule has 20 heavy (non-hydrogen) atoms. The van der Waals surface area contributed by atoms with Gasteiger partial charge in [-0.3, -0.25) is 9.69 Å². The Morgan fingerprint density at radius 1 is 1.40 bits per heavy atom. The zero-order valence-electron chi connectivity index (χ0n) is 12.5. The monoisotopic (exact) mass is 295 g/mol. The maximum absolute atomic E-state index is 11.6. The molecule has 0 spiro atoms. The summed E-state index contributed by atoms with van der Waals surface area (Å²) in [6.07, 6.45) is 4.57. The first-order chi connectivity index (χ1) is 9.63. The minimum atomic E-state index is 0.118. The molecule has 1 amide bonds. The number of thiazole rings is 1. The molecule has 0 atom stereocenters. The van der Waals surface area contributed by atoms with E-state index in [0.717, 1.165) is 17.2 Å². The zero-order valence-corrected chi connectivity index (χ0v) is 13.3. The lowest BCUT2D eigenvalue weighted by Crippen LogP contribution is -2.29. The summed E-state index contributed by atoms with van der Waals surface area (Å²) in [5.74, 6) is 0.522. The molecule has 0 radical (unpaired) electrons. The molecule has 1 N–H and O–H groups in total. The summed E-state index contributed by atoms with van der Waals surface area (Å²) < 4.78 is 0. The van der Waals surface area contributed by atoms with E-state index in [4.69, 9.17) is 0 Å². The van der Waals surface area contributed by atoms with Gasteiger partial charge in [-0.1, -0.05) is 20.3 Å². The SMILES string of the molecule is CC(C)CC(=O)NCc1nc(CN2CCCCC2)cs1. The van der Waals surface area contributed by atoms with Crippen molar-refractivity contribution in [3.05, 3.63) is 16.1 Å². The zero-order chi connectivity index (χ0) is 14.4. The number of rotatable bonds is 6. The number of hydrogen-bond acceptors (Lipinski definition) is 4. The summed E-state index contributed by atoms with van der Waals surface area (Å²) in [4.78, 5) is 18.7. The predicted molar refractivity (Wildman–Crippen MR) is 82.5 cm³/mol. The summed E-state index contributed by atoms with van der Waals surface area (Å²) >= 11 is 1.65. The molecule has 112 valence electrons. The summed E-state index contributed by atoms with van der Waals surface area (Å²) in [7, 11) is 0. The molecule has 1 aliphatic rings. The van der Waals surface area contributed by atoms with Crippen molar-refractivity contribution in [2.45, 2.75) is 52.6 Å². The standard InChI is InChI=1S/C15H25N3OS/c1-12(2)8-14(19)16-9-15-17-13(11-20-15)10-18-6-4-3-5-7-18/h11-12H,3-10H2,1-2H3,(H,16,19). The van der Waals surface area contributed by atoms with Crippen LogP contribution in [0.1, 0.15) is 50.2 Å². The van der Waals surface area contributed by atoms with E-state index >= 15 is 0 Å². The Kier molecular flexibility index (Phi) is 5.98. The lowest BCUT2D eigenvalue weighted by molar-refractivity contribution is -0.121. The van der Waals surface area contributed by atoms with E-state index in [1.807, 2.05) is 0 Å². The van der Waals surface area contributed by atoms with Gasteiger partial charge in [-0.25, -0.2) is 4.98 Å². The second kappa shape index (κ2) is 7.74. The normalized spacial score (nSPS) is 16.6. The highest BCUT2D eigenvalue weighted by atomic mass is 32.1. The number of carbonyl (C=O) groups excluding carboxylic acids is 1. The Bertz CT molecular complexity index is 425. The van der Waals surface area contributed by atoms with Crippen molar-refractivity contribution in [2.24, 2.45) is 5.92 Å². The smallest absolute Gasteiger partial charge is 0.220 e. The Morgan fingerprint density at radius 2 is 2.15 bits per heavy atom. The van der Waals surface area contributed by atoms with Gasteiger partial charge in [0.05, 0.1) is 12.2 Å². The number of amides is 1. The average molecular weight is 295 g/mol. The highest BCUT2D eigenvalue weighted by molar-refractivity contribution is 7.09. The molecule has 1 saturated heterocycles. The highest BCUT2D eigenvalue weighted by Gasteiger charge is 2.12. The van der Waals surface area contributed by atoms with Gasteiger partial charge in [0.15, 0.2) is 0 Å². The first-order valence-electron chi connectivity index (χ1n) is 7.56. The lowest BCUT2D eigenvalue weighted by atomic mass is 10.1. The van der Waals surface area contributed by atoms with Crippen molar-refractivity contribution < 1.29 is 4.79 Å². The molecule has 2 rings (SSSR count). The van der Waals surface area contributed by atoms with Gasteiger partial charge in [0.1, 0.15) is 5.01 Å². The van der Waals surface area contributed by atoms with Gasteiger partial charge in [0.2, 0.25) is 5.91 Å². The molecular formula is C15H25N3OS. The molecular weight excluding hydrogens is 270 g/mol. The number of piperidine rings is 1. The summed E-state index contributed by atoms with van der Waals surface area (Å²) in [6, 6.07) is 0. The van der Waals surface area contributed by atoms with Gasteiger partial charge in [-0.15, -0.1) is 11.3 Å². The minimum Gasteiger partial charge on any atom is -0.350 e. The van der Waals surface area contributed by atoms with Gasteiger partial charge in [-0.2, -0.15) is 0 Å². The molecule has 4 nitrogen and oxygen atoms in total. The molecule has 0 unspecified atom stereocenters. The molecule has 1 aliphatic heterocycles. The maximum Gasteiger partial charge on any atom is 0.220 e. The number of nitrogens with one attached hydrogen (secondary N) is 1. The molecule has 1 aromatic heterocycles. The molecule has 0 aromatic carbocycles. The van der Waals surface area contributed by atoms with Gasteiger partial charge in [0.25, 0.3) is 0 Å². The summed E-state index contributed by atoms with van der Waals surface area (Å²) in [5.41, 5.74) is 1.14. The topological polar surface area (TPSA) is 45.2 Å². The van der Waals surface area contributed by atoms with E-state index in [-0.39, 0.29) is 5.91 Å². The van der Waals surface area contributed by atoms with Crippen molar-refractivity contribution in [1.82, 2.24) is 15.2 Å². The fourth-order valence-electron chi connectivity index (χ4n) is 2.47. The number of nitrogens with zero attached hydrogens (tertiary/aromatic N) is 2. The van der Waals surface area contributed by atoms with Gasteiger partial charge in [-0.05, 0) is 31.8 Å². The van der Waals surface area contributed by atoms with Crippen LogP contribution >= 0.6 is 11.3 Å². The third-order valence-electron chi connectivity index (χ3n) is 3.46. The number of carbonyl (C=O) groups is 1. The van der Waals surface area contributed by atoms with Crippen LogP contribution in [0.15, 0.2) is 5.38 Å². The molecule has 0 bridgehead atoms. The minimum absolute atomic E-state index is 0.118. The fraction of sp³-hybridized carbons (Fsp3) is 0.733. The van der Waals surface area contributed by atoms with E-state index in [0.29, 0.717) is 18.9 Å². The number of likely N-dealkylation sites (tertiary alicyclic amines) is 1. The second-order valence-electron chi connectivity index (χ2n) is 5.94. The van der Waals surface area contributed by atoms with Crippen LogP contribution in [0, 0.1) is 5.92 Å². The quantitative estimate of drug-likeness (QED) is 0.878. The maximum atomic E-state index is 11.6.